The Kier molecular flexibility index (Phi) is 4.30. The molecule has 6 nitrogen and oxygen atoms in total. The lowest BCUT2D eigenvalue weighted by Gasteiger charge is -2.34. The van der Waals surface area contributed by atoms with Crippen LogP contribution in [0.3, 0.4) is 0 Å². The molecular weight excluding hydrogens is 264 g/mol. The minimum atomic E-state index is -0.637. The second-order valence-corrected chi connectivity index (χ2v) is 5.51. The molecule has 2 rings (SSSR count). The van der Waals surface area contributed by atoms with Gasteiger partial charge in [0.1, 0.15) is 5.60 Å². The highest BCUT2D eigenvalue weighted by Crippen LogP contribution is 2.49. The van der Waals surface area contributed by atoms with Gasteiger partial charge in [0.05, 0.1) is 13.2 Å². The Morgan fingerprint density at radius 3 is 2.00 bits per heavy atom. The molecular formula is C14H20O6. The van der Waals surface area contributed by atoms with Crippen molar-refractivity contribution in [2.45, 2.75) is 45.1 Å². The van der Waals surface area contributed by atoms with Gasteiger partial charge in [-0.2, -0.15) is 0 Å². The fourth-order valence-corrected chi connectivity index (χ4v) is 3.30. The molecule has 1 saturated heterocycles. The van der Waals surface area contributed by atoms with Crippen LogP contribution in [0.5, 0.6) is 0 Å². The van der Waals surface area contributed by atoms with Crippen LogP contribution in [0.15, 0.2) is 0 Å². The summed E-state index contributed by atoms with van der Waals surface area (Å²) in [5, 5.41) is 0. The number of carbonyl (C=O) groups is 3. The molecule has 1 aliphatic heterocycles. The normalized spacial score (nSPS) is 32.2. The van der Waals surface area contributed by atoms with E-state index in [4.69, 9.17) is 14.2 Å². The molecule has 0 amide bonds. The molecule has 0 N–H and O–H groups in total. The third kappa shape index (κ3) is 2.94. The van der Waals surface area contributed by atoms with Crippen LogP contribution in [0, 0.1) is 11.8 Å². The Morgan fingerprint density at radius 2 is 1.65 bits per heavy atom. The van der Waals surface area contributed by atoms with E-state index in [0.717, 1.165) is 12.8 Å². The van der Waals surface area contributed by atoms with Gasteiger partial charge in [0.2, 0.25) is 0 Å². The van der Waals surface area contributed by atoms with Gasteiger partial charge < -0.3 is 14.2 Å². The highest BCUT2D eigenvalue weighted by molar-refractivity contribution is 5.72. The maximum Gasteiger partial charge on any atom is 0.306 e. The van der Waals surface area contributed by atoms with E-state index in [1.807, 2.05) is 0 Å². The zero-order chi connectivity index (χ0) is 14.8. The second-order valence-electron chi connectivity index (χ2n) is 5.51. The Morgan fingerprint density at radius 1 is 1.15 bits per heavy atom. The fraction of sp³-hybridized carbons (Fsp3) is 0.786. The predicted molar refractivity (Wildman–Crippen MR) is 67.5 cm³/mol. The van der Waals surface area contributed by atoms with E-state index >= 15 is 0 Å². The summed E-state index contributed by atoms with van der Waals surface area (Å²) in [6.07, 6.45) is 2.57. The number of carbonyl (C=O) groups excluding carboxylic acids is 3. The molecule has 1 aliphatic carbocycles. The lowest BCUT2D eigenvalue weighted by molar-refractivity contribution is -0.163. The van der Waals surface area contributed by atoms with Crippen LogP contribution in [0.1, 0.15) is 39.5 Å². The standard InChI is InChI=1S/C14H20O6/c1-9(15)18-7-11-3-4-12(8-19-10(2)16)14(11)6-5-13(17)20-14/h11-12H,3-8H2,1-2H3/t11-,12+,14?. The third-order valence-electron chi connectivity index (χ3n) is 4.24. The summed E-state index contributed by atoms with van der Waals surface area (Å²) >= 11 is 0. The SMILES string of the molecule is CC(=O)OC[C@H]1CC[C@@H](COC(C)=O)C12CCC(=O)O2. The van der Waals surface area contributed by atoms with Gasteiger partial charge in [-0.1, -0.05) is 0 Å². The largest absolute Gasteiger partial charge is 0.465 e. The molecule has 1 saturated carbocycles. The molecule has 0 bridgehead atoms. The van der Waals surface area contributed by atoms with Crippen LogP contribution in [0.4, 0.5) is 0 Å². The monoisotopic (exact) mass is 284 g/mol. The summed E-state index contributed by atoms with van der Waals surface area (Å²) < 4.78 is 15.7. The first kappa shape index (κ1) is 14.8. The molecule has 2 fully saturated rings. The van der Waals surface area contributed by atoms with Crippen LogP contribution < -0.4 is 0 Å². The molecule has 0 radical (unpaired) electrons. The average molecular weight is 284 g/mol. The van der Waals surface area contributed by atoms with Gasteiger partial charge in [-0.15, -0.1) is 0 Å². The number of ether oxygens (including phenoxy) is 3. The van der Waals surface area contributed by atoms with E-state index in [9.17, 15) is 14.4 Å². The fourth-order valence-electron chi connectivity index (χ4n) is 3.30. The lowest BCUT2D eigenvalue weighted by Crippen LogP contribution is -2.43. The number of esters is 3. The molecule has 1 unspecified atom stereocenters. The van der Waals surface area contributed by atoms with Crippen LogP contribution >= 0.6 is 0 Å². The maximum atomic E-state index is 11.5. The van der Waals surface area contributed by atoms with E-state index in [1.54, 1.807) is 0 Å². The average Bonchev–Trinajstić information content (AvgIpc) is 2.90. The molecule has 6 heteroatoms. The van der Waals surface area contributed by atoms with Gasteiger partial charge in [-0.3, -0.25) is 14.4 Å². The van der Waals surface area contributed by atoms with Crippen molar-refractivity contribution in [2.75, 3.05) is 13.2 Å². The summed E-state index contributed by atoms with van der Waals surface area (Å²) in [6.45, 7) is 3.22. The molecule has 3 atom stereocenters. The Labute approximate surface area is 117 Å². The summed E-state index contributed by atoms with van der Waals surface area (Å²) in [6, 6.07) is 0. The Bertz CT molecular complexity index is 390. The van der Waals surface area contributed by atoms with Crippen LogP contribution in [0.2, 0.25) is 0 Å². The smallest absolute Gasteiger partial charge is 0.306 e. The molecule has 20 heavy (non-hydrogen) atoms. The van der Waals surface area contributed by atoms with Crippen LogP contribution in [-0.4, -0.2) is 36.7 Å². The van der Waals surface area contributed by atoms with Crippen molar-refractivity contribution in [3.05, 3.63) is 0 Å². The molecule has 0 aromatic carbocycles. The molecule has 1 heterocycles. The molecule has 0 aromatic rings. The summed E-state index contributed by atoms with van der Waals surface area (Å²) in [4.78, 5) is 33.5. The van der Waals surface area contributed by atoms with Gasteiger partial charge in [0, 0.05) is 32.1 Å². The highest BCUT2D eigenvalue weighted by atomic mass is 16.6. The van der Waals surface area contributed by atoms with Gasteiger partial charge >= 0.3 is 17.9 Å². The van der Waals surface area contributed by atoms with E-state index in [-0.39, 0.29) is 43.0 Å². The summed E-state index contributed by atoms with van der Waals surface area (Å²) in [7, 11) is 0. The van der Waals surface area contributed by atoms with Gasteiger partial charge in [0.15, 0.2) is 0 Å². The third-order valence-corrected chi connectivity index (χ3v) is 4.24. The number of hydrogen-bond donors (Lipinski definition) is 0. The Balaban J connectivity index is 2.08. The van der Waals surface area contributed by atoms with Gasteiger partial charge in [-0.25, -0.2) is 0 Å². The molecule has 1 spiro atoms. The maximum absolute atomic E-state index is 11.5. The van der Waals surface area contributed by atoms with Crippen molar-refractivity contribution in [3.63, 3.8) is 0 Å². The van der Waals surface area contributed by atoms with Crippen LogP contribution in [0.25, 0.3) is 0 Å². The van der Waals surface area contributed by atoms with E-state index in [2.05, 4.69) is 0 Å². The van der Waals surface area contributed by atoms with Gasteiger partial charge in [-0.05, 0) is 19.3 Å². The zero-order valence-corrected chi connectivity index (χ0v) is 11.8. The first-order chi connectivity index (χ1) is 9.44. The first-order valence-electron chi connectivity index (χ1n) is 6.92. The van der Waals surface area contributed by atoms with Crippen molar-refractivity contribution in [2.24, 2.45) is 11.8 Å². The molecule has 112 valence electrons. The van der Waals surface area contributed by atoms with E-state index in [0.29, 0.717) is 12.8 Å². The van der Waals surface area contributed by atoms with E-state index < -0.39 is 5.60 Å². The first-order valence-corrected chi connectivity index (χ1v) is 6.92. The van der Waals surface area contributed by atoms with Crippen molar-refractivity contribution in [3.8, 4) is 0 Å². The number of hydrogen-bond acceptors (Lipinski definition) is 6. The quantitative estimate of drug-likeness (QED) is 0.570. The summed E-state index contributed by atoms with van der Waals surface area (Å²) in [5.41, 5.74) is -0.637. The second kappa shape index (κ2) is 5.81. The van der Waals surface area contributed by atoms with Gasteiger partial charge in [0.25, 0.3) is 0 Å². The highest BCUT2D eigenvalue weighted by Gasteiger charge is 2.56. The predicted octanol–water partition coefficient (Wildman–Crippen LogP) is 1.21. The zero-order valence-electron chi connectivity index (χ0n) is 11.8. The minimum absolute atomic E-state index is 0.0154. The van der Waals surface area contributed by atoms with Crippen molar-refractivity contribution in [1.82, 2.24) is 0 Å². The van der Waals surface area contributed by atoms with Crippen LogP contribution in [-0.2, 0) is 28.6 Å². The topological polar surface area (TPSA) is 78.9 Å². The van der Waals surface area contributed by atoms with E-state index in [1.165, 1.54) is 13.8 Å². The van der Waals surface area contributed by atoms with Crippen molar-refractivity contribution < 1.29 is 28.6 Å². The molecule has 2 aliphatic rings. The van der Waals surface area contributed by atoms with Crippen molar-refractivity contribution in [1.29, 1.82) is 0 Å². The summed E-state index contributed by atoms with van der Waals surface area (Å²) in [5.74, 6) is -0.940. The van der Waals surface area contributed by atoms with Crippen molar-refractivity contribution >= 4 is 17.9 Å². The number of rotatable bonds is 4. The lowest BCUT2D eigenvalue weighted by atomic mass is 9.82. The molecule has 0 aromatic heterocycles. The Hall–Kier alpha value is -1.59. The minimum Gasteiger partial charge on any atom is -0.465 e.